The van der Waals surface area contributed by atoms with E-state index in [1.165, 1.54) is 0 Å². The fourth-order valence-electron chi connectivity index (χ4n) is 2.93. The molecule has 1 aromatic carbocycles. The van der Waals surface area contributed by atoms with Crippen LogP contribution in [0.5, 0.6) is 5.75 Å². The Morgan fingerprint density at radius 2 is 2.19 bits per heavy atom. The minimum atomic E-state index is -0.182. The molecule has 0 spiro atoms. The molecule has 7 nitrogen and oxygen atoms in total. The van der Waals surface area contributed by atoms with E-state index in [1.807, 2.05) is 16.8 Å². The molecule has 7 heteroatoms. The van der Waals surface area contributed by atoms with E-state index in [0.29, 0.717) is 12.2 Å². The predicted octanol–water partition coefficient (Wildman–Crippen LogP) is 2.50. The lowest BCUT2D eigenvalue weighted by atomic mass is 10.1. The van der Waals surface area contributed by atoms with Crippen LogP contribution in [0.15, 0.2) is 24.3 Å². The molecule has 0 radical (unpaired) electrons. The van der Waals surface area contributed by atoms with Crippen LogP contribution < -0.4 is 10.1 Å². The van der Waals surface area contributed by atoms with Gasteiger partial charge in [-0.1, -0.05) is 26.0 Å². The summed E-state index contributed by atoms with van der Waals surface area (Å²) in [6.45, 7) is 4.90. The van der Waals surface area contributed by atoms with Crippen LogP contribution in [-0.2, 0) is 17.8 Å². The number of aryl methyl sites for hydroxylation is 1. The van der Waals surface area contributed by atoms with Crippen molar-refractivity contribution in [3.8, 4) is 11.8 Å². The number of nitrogens with zero attached hydrogens (tertiary/aromatic N) is 4. The molecule has 1 unspecified atom stereocenters. The van der Waals surface area contributed by atoms with Gasteiger partial charge >= 0.3 is 0 Å². The highest BCUT2D eigenvalue weighted by molar-refractivity contribution is 5.77. The van der Waals surface area contributed by atoms with E-state index in [4.69, 9.17) is 10.00 Å². The third kappa shape index (κ3) is 4.20. The van der Waals surface area contributed by atoms with Crippen molar-refractivity contribution in [2.24, 2.45) is 0 Å². The Hall–Kier alpha value is -2.88. The van der Waals surface area contributed by atoms with Crippen molar-refractivity contribution >= 4 is 5.91 Å². The molecule has 1 aliphatic rings. The van der Waals surface area contributed by atoms with Gasteiger partial charge in [0.2, 0.25) is 0 Å². The molecular formula is C19H23N5O2. The zero-order valence-electron chi connectivity index (χ0n) is 15.1. The largest absolute Gasteiger partial charge is 0.484 e. The first-order valence-electron chi connectivity index (χ1n) is 8.89. The maximum Gasteiger partial charge on any atom is 0.258 e. The maximum absolute atomic E-state index is 12.3. The molecule has 0 aliphatic carbocycles. The van der Waals surface area contributed by atoms with Crippen LogP contribution in [0.2, 0.25) is 0 Å². The van der Waals surface area contributed by atoms with Gasteiger partial charge in [-0.25, -0.2) is 9.67 Å². The van der Waals surface area contributed by atoms with E-state index in [1.54, 1.807) is 12.1 Å². The monoisotopic (exact) mass is 353 g/mol. The Labute approximate surface area is 153 Å². The smallest absolute Gasteiger partial charge is 0.258 e. The predicted molar refractivity (Wildman–Crippen MR) is 95.5 cm³/mol. The van der Waals surface area contributed by atoms with Crippen molar-refractivity contribution in [2.45, 2.75) is 51.6 Å². The van der Waals surface area contributed by atoms with Crippen LogP contribution in [0.3, 0.4) is 0 Å². The normalized spacial score (nSPS) is 16.0. The van der Waals surface area contributed by atoms with Gasteiger partial charge in [-0.3, -0.25) is 4.79 Å². The Morgan fingerprint density at radius 3 is 2.88 bits per heavy atom. The lowest BCUT2D eigenvalue weighted by molar-refractivity contribution is -0.124. The van der Waals surface area contributed by atoms with E-state index >= 15 is 0 Å². The first-order valence-corrected chi connectivity index (χ1v) is 8.89. The maximum atomic E-state index is 12.3. The fourth-order valence-corrected chi connectivity index (χ4v) is 2.93. The number of benzene rings is 1. The molecule has 0 fully saturated rings. The van der Waals surface area contributed by atoms with Gasteiger partial charge in [0, 0.05) is 12.5 Å². The zero-order chi connectivity index (χ0) is 18.5. The molecule has 1 aliphatic heterocycles. The Balaban J connectivity index is 1.56. The number of carbonyl (C=O) groups is 1. The third-order valence-corrected chi connectivity index (χ3v) is 4.32. The Morgan fingerprint density at radius 1 is 1.42 bits per heavy atom. The molecule has 1 aromatic heterocycles. The molecular weight excluding hydrogens is 330 g/mol. The minimum Gasteiger partial charge on any atom is -0.484 e. The van der Waals surface area contributed by atoms with Crippen LogP contribution in [0.1, 0.15) is 55.9 Å². The Kier molecular flexibility index (Phi) is 5.52. The van der Waals surface area contributed by atoms with Crippen LogP contribution in [0.25, 0.3) is 0 Å². The fraction of sp³-hybridized carbons (Fsp3) is 0.474. The van der Waals surface area contributed by atoms with Gasteiger partial charge in [0.1, 0.15) is 11.6 Å². The van der Waals surface area contributed by atoms with Gasteiger partial charge < -0.3 is 10.1 Å². The molecule has 2 aromatic rings. The van der Waals surface area contributed by atoms with E-state index in [9.17, 15) is 4.79 Å². The summed E-state index contributed by atoms with van der Waals surface area (Å²) in [6.07, 6.45) is 2.17. The van der Waals surface area contributed by atoms with Crippen molar-refractivity contribution in [3.63, 3.8) is 0 Å². The number of amides is 1. The van der Waals surface area contributed by atoms with Crippen molar-refractivity contribution in [3.05, 3.63) is 41.5 Å². The summed E-state index contributed by atoms with van der Waals surface area (Å²) >= 11 is 0. The summed E-state index contributed by atoms with van der Waals surface area (Å²) in [5, 5.41) is 16.2. The molecule has 26 heavy (non-hydrogen) atoms. The van der Waals surface area contributed by atoms with Gasteiger partial charge in [0.05, 0.1) is 18.5 Å². The Bertz CT molecular complexity index is 804. The van der Waals surface area contributed by atoms with Crippen LogP contribution in [0, 0.1) is 11.3 Å². The van der Waals surface area contributed by atoms with Gasteiger partial charge in [0.15, 0.2) is 12.4 Å². The molecule has 2 heterocycles. The number of rotatable bonds is 6. The number of nitriles is 1. The SMILES string of the molecule is CC(C)c1nc2n(n1)CCCC2NC(=O)COc1ccc(CC#N)cc1. The first kappa shape index (κ1) is 17.9. The second-order valence-electron chi connectivity index (χ2n) is 6.74. The highest BCUT2D eigenvalue weighted by Gasteiger charge is 2.26. The zero-order valence-corrected chi connectivity index (χ0v) is 15.1. The average Bonchev–Trinajstić information content (AvgIpc) is 3.07. The quantitative estimate of drug-likeness (QED) is 0.861. The van der Waals surface area contributed by atoms with Gasteiger partial charge in [-0.2, -0.15) is 10.4 Å². The molecule has 136 valence electrons. The molecule has 1 N–H and O–H groups in total. The summed E-state index contributed by atoms with van der Waals surface area (Å²) in [6, 6.07) is 9.16. The number of hydrogen-bond donors (Lipinski definition) is 1. The molecule has 0 saturated carbocycles. The van der Waals surface area contributed by atoms with Crippen molar-refractivity contribution < 1.29 is 9.53 Å². The third-order valence-electron chi connectivity index (χ3n) is 4.32. The summed E-state index contributed by atoms with van der Waals surface area (Å²) in [4.78, 5) is 16.9. The van der Waals surface area contributed by atoms with E-state index in [2.05, 4.69) is 35.3 Å². The second-order valence-corrected chi connectivity index (χ2v) is 6.74. The van der Waals surface area contributed by atoms with Gasteiger partial charge in [-0.05, 0) is 30.5 Å². The average molecular weight is 353 g/mol. The number of carbonyl (C=O) groups excluding carboxylic acids is 1. The molecule has 1 amide bonds. The molecule has 0 saturated heterocycles. The minimum absolute atomic E-state index is 0.0563. The van der Waals surface area contributed by atoms with Crippen molar-refractivity contribution in [1.82, 2.24) is 20.1 Å². The highest BCUT2D eigenvalue weighted by Crippen LogP contribution is 2.24. The summed E-state index contributed by atoms with van der Waals surface area (Å²) in [7, 11) is 0. The molecule has 1 atom stereocenters. The van der Waals surface area contributed by atoms with E-state index in [-0.39, 0.29) is 24.5 Å². The number of nitrogens with one attached hydrogen (secondary N) is 1. The van der Waals surface area contributed by atoms with E-state index < -0.39 is 0 Å². The van der Waals surface area contributed by atoms with Crippen LogP contribution in [-0.4, -0.2) is 27.3 Å². The number of fused-ring (bicyclic) bond motifs is 1. The summed E-state index contributed by atoms with van der Waals surface area (Å²) in [5.74, 6) is 2.33. The van der Waals surface area contributed by atoms with E-state index in [0.717, 1.165) is 36.6 Å². The van der Waals surface area contributed by atoms with Crippen LogP contribution in [0.4, 0.5) is 0 Å². The van der Waals surface area contributed by atoms with Gasteiger partial charge in [0.25, 0.3) is 5.91 Å². The number of aromatic nitrogens is 3. The second kappa shape index (κ2) is 8.00. The molecule has 0 bridgehead atoms. The highest BCUT2D eigenvalue weighted by atomic mass is 16.5. The van der Waals surface area contributed by atoms with Crippen LogP contribution >= 0.6 is 0 Å². The lowest BCUT2D eigenvalue weighted by Crippen LogP contribution is -2.36. The summed E-state index contributed by atoms with van der Waals surface area (Å²) < 4.78 is 7.44. The topological polar surface area (TPSA) is 92.8 Å². The molecule has 3 rings (SSSR count). The number of hydrogen-bond acceptors (Lipinski definition) is 5. The van der Waals surface area contributed by atoms with Gasteiger partial charge in [-0.15, -0.1) is 0 Å². The standard InChI is InChI=1S/C19H23N5O2/c1-13(2)18-22-19-16(4-3-11-24(19)23-18)21-17(25)12-26-15-7-5-14(6-8-15)9-10-20/h5-8,13,16H,3-4,9,11-12H2,1-2H3,(H,21,25). The van der Waals surface area contributed by atoms with Crippen molar-refractivity contribution in [1.29, 1.82) is 5.26 Å². The summed E-state index contributed by atoms with van der Waals surface area (Å²) in [5.41, 5.74) is 0.923. The number of ether oxygens (including phenoxy) is 1. The first-order chi connectivity index (χ1) is 12.6. The lowest BCUT2D eigenvalue weighted by Gasteiger charge is -2.23. The van der Waals surface area contributed by atoms with Crippen molar-refractivity contribution in [2.75, 3.05) is 6.61 Å².